The highest BCUT2D eigenvalue weighted by Gasteiger charge is 2.36. The number of Topliss-reactive ketones (excluding diaryl/α,β-unsaturated/α-hetero) is 1. The molecule has 1 heterocycles. The highest BCUT2D eigenvalue weighted by atomic mass is 32.2. The molecule has 3 amide bonds. The molecule has 132 valence electrons. The van der Waals surface area contributed by atoms with Crippen LogP contribution in [0.1, 0.15) is 27.6 Å². The summed E-state index contributed by atoms with van der Waals surface area (Å²) in [5.74, 6) is -1.16. The van der Waals surface area contributed by atoms with Crippen LogP contribution in [0.3, 0.4) is 0 Å². The van der Waals surface area contributed by atoms with E-state index >= 15 is 0 Å². The van der Waals surface area contributed by atoms with Crippen LogP contribution in [0.25, 0.3) is 0 Å². The van der Waals surface area contributed by atoms with Crippen LogP contribution in [0.4, 0.5) is 5.69 Å². The van der Waals surface area contributed by atoms with Gasteiger partial charge in [0.2, 0.25) is 5.91 Å². The third kappa shape index (κ3) is 4.41. The summed E-state index contributed by atoms with van der Waals surface area (Å²) in [5.41, 5.74) is -0.168. The van der Waals surface area contributed by atoms with Crippen LogP contribution < -0.4 is 5.32 Å². The number of carbonyl (C=O) groups is 4. The zero-order valence-corrected chi connectivity index (χ0v) is 14.1. The van der Waals surface area contributed by atoms with E-state index in [9.17, 15) is 29.3 Å². The van der Waals surface area contributed by atoms with Crippen molar-refractivity contribution < 1.29 is 24.1 Å². The molecule has 1 aliphatic heterocycles. The van der Waals surface area contributed by atoms with Crippen LogP contribution in [0.5, 0.6) is 0 Å². The number of nitro benzene ring substituents is 1. The topological polar surface area (TPSA) is 127 Å². The second-order valence-electron chi connectivity index (χ2n) is 5.29. The van der Waals surface area contributed by atoms with Crippen molar-refractivity contribution in [1.82, 2.24) is 10.2 Å². The number of nitrogens with one attached hydrogen (secondary N) is 1. The minimum atomic E-state index is -0.639. The molecule has 0 spiro atoms. The number of amides is 3. The van der Waals surface area contributed by atoms with Crippen molar-refractivity contribution in [3.63, 3.8) is 0 Å². The molecule has 25 heavy (non-hydrogen) atoms. The molecule has 1 aromatic rings. The van der Waals surface area contributed by atoms with Crippen LogP contribution in [-0.4, -0.2) is 57.9 Å². The smallest absolute Gasteiger partial charge is 0.270 e. The van der Waals surface area contributed by atoms with Gasteiger partial charge in [-0.3, -0.25) is 34.2 Å². The van der Waals surface area contributed by atoms with Crippen molar-refractivity contribution in [1.29, 1.82) is 0 Å². The molecule has 2 rings (SSSR count). The number of benzene rings is 1. The Kier molecular flexibility index (Phi) is 5.86. The van der Waals surface area contributed by atoms with Crippen LogP contribution in [0.15, 0.2) is 18.2 Å². The summed E-state index contributed by atoms with van der Waals surface area (Å²) < 4.78 is 0. The van der Waals surface area contributed by atoms with Gasteiger partial charge >= 0.3 is 0 Å². The van der Waals surface area contributed by atoms with Gasteiger partial charge in [-0.2, -0.15) is 0 Å². The molecule has 0 aromatic heterocycles. The highest BCUT2D eigenvalue weighted by molar-refractivity contribution is 8.00. The Morgan fingerprint density at radius 2 is 1.88 bits per heavy atom. The number of imide groups is 1. The van der Waals surface area contributed by atoms with E-state index in [1.807, 2.05) is 0 Å². The van der Waals surface area contributed by atoms with Crippen molar-refractivity contribution in [2.45, 2.75) is 6.92 Å². The molecule has 0 saturated heterocycles. The maximum Gasteiger partial charge on any atom is 0.270 e. The number of ketones is 1. The van der Waals surface area contributed by atoms with Crippen molar-refractivity contribution in [2.24, 2.45) is 0 Å². The fourth-order valence-corrected chi connectivity index (χ4v) is 2.92. The lowest BCUT2D eigenvalue weighted by Crippen LogP contribution is -2.38. The number of fused-ring (bicyclic) bond motifs is 1. The van der Waals surface area contributed by atoms with Gasteiger partial charge in [0.25, 0.3) is 17.5 Å². The molecule has 0 unspecified atom stereocenters. The number of non-ortho nitro benzene ring substituents is 1. The minimum Gasteiger partial charge on any atom is -0.354 e. The van der Waals surface area contributed by atoms with Crippen molar-refractivity contribution in [3.8, 4) is 0 Å². The lowest BCUT2D eigenvalue weighted by Gasteiger charge is -2.14. The number of rotatable bonds is 8. The molecule has 0 atom stereocenters. The zero-order valence-electron chi connectivity index (χ0n) is 13.3. The Morgan fingerprint density at radius 1 is 1.20 bits per heavy atom. The minimum absolute atomic E-state index is 0.0115. The van der Waals surface area contributed by atoms with E-state index in [4.69, 9.17) is 0 Å². The predicted molar refractivity (Wildman–Crippen MR) is 89.5 cm³/mol. The third-order valence-corrected chi connectivity index (χ3v) is 4.44. The molecule has 1 aromatic carbocycles. The molecule has 9 nitrogen and oxygen atoms in total. The average molecular weight is 365 g/mol. The highest BCUT2D eigenvalue weighted by Crippen LogP contribution is 2.26. The van der Waals surface area contributed by atoms with Crippen molar-refractivity contribution >= 4 is 41.0 Å². The average Bonchev–Trinajstić information content (AvgIpc) is 2.79. The van der Waals surface area contributed by atoms with Gasteiger partial charge in [-0.25, -0.2) is 0 Å². The molecule has 0 saturated carbocycles. The standard InChI is InChI=1S/C15H15N3O6S/c1-9(19)7-25-8-13(20)16-4-5-17-14(21)11-3-2-10(18(23)24)6-12(11)15(17)22/h2-3,6H,4-5,7-8H2,1H3,(H,16,20). The van der Waals surface area contributed by atoms with E-state index in [2.05, 4.69) is 5.32 Å². The first kappa shape index (κ1) is 18.6. The van der Waals surface area contributed by atoms with Crippen LogP contribution in [-0.2, 0) is 9.59 Å². The fraction of sp³-hybridized carbons (Fsp3) is 0.333. The van der Waals surface area contributed by atoms with Crippen LogP contribution >= 0.6 is 11.8 Å². The Hall–Kier alpha value is -2.75. The quantitative estimate of drug-likeness (QED) is 0.407. The second kappa shape index (κ2) is 7.88. The summed E-state index contributed by atoms with van der Waals surface area (Å²) in [6, 6.07) is 3.50. The summed E-state index contributed by atoms with van der Waals surface area (Å²) in [7, 11) is 0. The molecule has 1 N–H and O–H groups in total. The molecule has 0 bridgehead atoms. The van der Waals surface area contributed by atoms with E-state index in [1.54, 1.807) is 0 Å². The van der Waals surface area contributed by atoms with Crippen molar-refractivity contribution in [2.75, 3.05) is 24.6 Å². The summed E-state index contributed by atoms with van der Waals surface area (Å²) >= 11 is 1.17. The van der Waals surface area contributed by atoms with E-state index in [-0.39, 0.29) is 53.1 Å². The molecule has 0 radical (unpaired) electrons. The molecule has 0 fully saturated rings. The molecular formula is C15H15N3O6S. The summed E-state index contributed by atoms with van der Waals surface area (Å²) in [5, 5.41) is 13.3. The largest absolute Gasteiger partial charge is 0.354 e. The fourth-order valence-electron chi connectivity index (χ4n) is 2.24. The Balaban J connectivity index is 1.90. The first-order chi connectivity index (χ1) is 11.8. The lowest BCUT2D eigenvalue weighted by atomic mass is 10.1. The normalized spacial score (nSPS) is 12.9. The van der Waals surface area contributed by atoms with Gasteiger partial charge in [-0.1, -0.05) is 0 Å². The van der Waals surface area contributed by atoms with E-state index in [0.29, 0.717) is 0 Å². The van der Waals surface area contributed by atoms with Gasteiger partial charge in [0.1, 0.15) is 5.78 Å². The molecule has 0 aliphatic carbocycles. The summed E-state index contributed by atoms with van der Waals surface area (Å²) in [4.78, 5) is 57.9. The van der Waals surface area contributed by atoms with Gasteiger partial charge in [-0.15, -0.1) is 11.8 Å². The van der Waals surface area contributed by atoms with E-state index in [0.717, 1.165) is 11.0 Å². The monoisotopic (exact) mass is 365 g/mol. The number of thioether (sulfide) groups is 1. The number of carbonyl (C=O) groups excluding carboxylic acids is 4. The van der Waals surface area contributed by atoms with Crippen LogP contribution in [0, 0.1) is 10.1 Å². The molecule has 10 heteroatoms. The molecule has 1 aliphatic rings. The SMILES string of the molecule is CC(=O)CSCC(=O)NCCN1C(=O)c2ccc([N+](=O)[O-])cc2C1=O. The second-order valence-corrected chi connectivity index (χ2v) is 6.28. The van der Waals surface area contributed by atoms with Gasteiger partial charge in [-0.05, 0) is 13.0 Å². The Bertz CT molecular complexity index is 764. The van der Waals surface area contributed by atoms with Gasteiger partial charge < -0.3 is 5.32 Å². The predicted octanol–water partition coefficient (Wildman–Crippen LogP) is 0.629. The molecular weight excluding hydrogens is 350 g/mol. The van der Waals surface area contributed by atoms with Gasteiger partial charge in [0, 0.05) is 25.2 Å². The maximum absolute atomic E-state index is 12.2. The van der Waals surface area contributed by atoms with Crippen molar-refractivity contribution in [3.05, 3.63) is 39.4 Å². The van der Waals surface area contributed by atoms with E-state index < -0.39 is 16.7 Å². The first-order valence-electron chi connectivity index (χ1n) is 7.29. The Morgan fingerprint density at radius 3 is 2.52 bits per heavy atom. The lowest BCUT2D eigenvalue weighted by molar-refractivity contribution is -0.384. The zero-order chi connectivity index (χ0) is 18.6. The van der Waals surface area contributed by atoms with Crippen LogP contribution in [0.2, 0.25) is 0 Å². The number of hydrogen-bond acceptors (Lipinski definition) is 7. The Labute approximate surface area is 146 Å². The third-order valence-electron chi connectivity index (χ3n) is 3.36. The number of hydrogen-bond donors (Lipinski definition) is 1. The van der Waals surface area contributed by atoms with Gasteiger partial charge in [0.05, 0.1) is 27.6 Å². The number of nitro groups is 1. The summed E-state index contributed by atoms with van der Waals surface area (Å²) in [6.07, 6.45) is 0. The number of nitrogens with zero attached hydrogens (tertiary/aromatic N) is 2. The first-order valence-corrected chi connectivity index (χ1v) is 8.45. The maximum atomic E-state index is 12.2. The summed E-state index contributed by atoms with van der Waals surface area (Å²) in [6.45, 7) is 1.45. The van der Waals surface area contributed by atoms with E-state index in [1.165, 1.54) is 30.8 Å². The van der Waals surface area contributed by atoms with Gasteiger partial charge in [0.15, 0.2) is 0 Å².